The Bertz CT molecular complexity index is 1290. The van der Waals surface area contributed by atoms with Gasteiger partial charge >= 0.3 is 0 Å². The van der Waals surface area contributed by atoms with E-state index in [2.05, 4.69) is 20.3 Å². The van der Waals surface area contributed by atoms with Crippen molar-refractivity contribution in [3.63, 3.8) is 0 Å². The molecule has 3 aromatic heterocycles. The second-order valence-corrected chi connectivity index (χ2v) is 7.23. The van der Waals surface area contributed by atoms with Crippen LogP contribution in [0.2, 0.25) is 0 Å². The van der Waals surface area contributed by atoms with Gasteiger partial charge in [0.1, 0.15) is 16.9 Å². The van der Waals surface area contributed by atoms with Gasteiger partial charge in [0, 0.05) is 36.1 Å². The molecule has 4 aromatic rings. The van der Waals surface area contributed by atoms with E-state index in [-0.39, 0.29) is 5.82 Å². The van der Waals surface area contributed by atoms with Crippen molar-refractivity contribution in [3.8, 4) is 11.3 Å². The van der Waals surface area contributed by atoms with Crippen molar-refractivity contribution in [1.29, 1.82) is 0 Å². The van der Waals surface area contributed by atoms with Crippen molar-refractivity contribution >= 4 is 17.1 Å². The summed E-state index contributed by atoms with van der Waals surface area (Å²) in [7, 11) is 0. The van der Waals surface area contributed by atoms with Crippen molar-refractivity contribution in [3.05, 3.63) is 84.1 Å². The zero-order valence-electron chi connectivity index (χ0n) is 16.1. The van der Waals surface area contributed by atoms with Crippen molar-refractivity contribution in [1.82, 2.24) is 15.0 Å². The van der Waals surface area contributed by atoms with E-state index in [1.165, 1.54) is 12.1 Å². The minimum absolute atomic E-state index is 0.316. The molecule has 1 unspecified atom stereocenters. The van der Waals surface area contributed by atoms with Gasteiger partial charge in [-0.25, -0.2) is 14.4 Å². The number of allylic oxidation sites excluding steroid dienone is 2. The Labute approximate surface area is 171 Å². The first-order chi connectivity index (χ1) is 14.5. The molecule has 30 heavy (non-hydrogen) atoms. The number of nitrogens with zero attached hydrogens (tertiary/aromatic N) is 3. The quantitative estimate of drug-likeness (QED) is 0.516. The van der Waals surface area contributed by atoms with E-state index < -0.39 is 5.54 Å². The highest BCUT2D eigenvalue weighted by molar-refractivity contribution is 5.72. The fraction of sp³-hybridized carbons (Fsp3) is 0.136. The van der Waals surface area contributed by atoms with Gasteiger partial charge in [0.25, 0.3) is 6.01 Å². The highest BCUT2D eigenvalue weighted by Crippen LogP contribution is 2.35. The fourth-order valence-electron chi connectivity index (χ4n) is 3.36. The number of hydrogen-bond donors (Lipinski definition) is 2. The van der Waals surface area contributed by atoms with Gasteiger partial charge in [-0.1, -0.05) is 12.2 Å². The number of aromatic nitrogens is 3. The number of rotatable bonds is 4. The maximum atomic E-state index is 13.5. The van der Waals surface area contributed by atoms with Crippen molar-refractivity contribution < 1.29 is 13.2 Å². The van der Waals surface area contributed by atoms with Gasteiger partial charge in [0.15, 0.2) is 11.3 Å². The number of nitrogens with one attached hydrogen (secondary N) is 1. The first-order valence-electron chi connectivity index (χ1n) is 9.38. The second-order valence-electron chi connectivity index (χ2n) is 7.23. The summed E-state index contributed by atoms with van der Waals surface area (Å²) >= 11 is 0. The highest BCUT2D eigenvalue weighted by Gasteiger charge is 2.34. The third-order valence-electron chi connectivity index (χ3n) is 5.05. The first kappa shape index (κ1) is 18.3. The lowest BCUT2D eigenvalue weighted by Gasteiger charge is -2.28. The van der Waals surface area contributed by atoms with Crippen LogP contribution in [0.3, 0.4) is 0 Å². The number of nitrogens with two attached hydrogens (primary N) is 1. The summed E-state index contributed by atoms with van der Waals surface area (Å²) in [5, 5.41) is 3.21. The number of hydrogen-bond acceptors (Lipinski definition) is 7. The lowest BCUT2D eigenvalue weighted by Crippen LogP contribution is -2.38. The smallest absolute Gasteiger partial charge is 0.299 e. The van der Waals surface area contributed by atoms with Crippen LogP contribution in [0.15, 0.2) is 81.2 Å². The van der Waals surface area contributed by atoms with E-state index in [0.29, 0.717) is 35.2 Å². The van der Waals surface area contributed by atoms with E-state index in [9.17, 15) is 4.39 Å². The number of benzene rings is 1. The predicted molar refractivity (Wildman–Crippen MR) is 110 cm³/mol. The normalized spacial score (nSPS) is 18.9. The first-order valence-corrected chi connectivity index (χ1v) is 9.38. The molecule has 0 saturated carbocycles. The van der Waals surface area contributed by atoms with E-state index in [1.807, 2.05) is 31.2 Å². The molecule has 150 valence electrons. The molecule has 1 aromatic carbocycles. The summed E-state index contributed by atoms with van der Waals surface area (Å²) in [5.41, 5.74) is 9.24. The van der Waals surface area contributed by atoms with E-state index in [4.69, 9.17) is 14.6 Å². The topological polar surface area (TPSA) is 103 Å². The van der Waals surface area contributed by atoms with Crippen LogP contribution in [0.1, 0.15) is 19.2 Å². The monoisotopic (exact) mass is 403 g/mol. The summed E-state index contributed by atoms with van der Waals surface area (Å²) in [4.78, 5) is 12.8. The standard InChI is InChI=1S/C22H18FN5O2/c1-13-4-7-22(24,20-27-16-3-2-15(23)10-18(16)29-20)11-17(13)28-21-26-12-19(30-21)14-5-8-25-9-6-14/h2-10,12H,11,24H2,1H3,(H,26,28). The number of oxazole rings is 2. The van der Waals surface area contributed by atoms with E-state index in [0.717, 1.165) is 16.8 Å². The summed E-state index contributed by atoms with van der Waals surface area (Å²) in [6, 6.07) is 8.26. The van der Waals surface area contributed by atoms with Gasteiger partial charge in [0.05, 0.1) is 6.20 Å². The minimum atomic E-state index is -0.988. The van der Waals surface area contributed by atoms with Crippen molar-refractivity contribution in [2.24, 2.45) is 5.73 Å². The Morgan fingerprint density at radius 2 is 2.00 bits per heavy atom. The summed E-state index contributed by atoms with van der Waals surface area (Å²) < 4.78 is 25.1. The molecule has 8 heteroatoms. The van der Waals surface area contributed by atoms with Gasteiger partial charge < -0.3 is 19.9 Å². The molecule has 0 aliphatic heterocycles. The molecule has 0 radical (unpaired) electrons. The summed E-state index contributed by atoms with van der Waals surface area (Å²) in [6.45, 7) is 1.96. The number of fused-ring (bicyclic) bond motifs is 1. The predicted octanol–water partition coefficient (Wildman–Crippen LogP) is 4.52. The molecular formula is C22H18FN5O2. The van der Waals surface area contributed by atoms with Crippen LogP contribution in [0, 0.1) is 5.82 Å². The molecule has 0 spiro atoms. The Balaban J connectivity index is 1.41. The lowest BCUT2D eigenvalue weighted by atomic mass is 9.87. The lowest BCUT2D eigenvalue weighted by molar-refractivity contribution is 0.396. The van der Waals surface area contributed by atoms with Crippen LogP contribution in [-0.2, 0) is 5.54 Å². The SMILES string of the molecule is CC1=C(Nc2ncc(-c3ccncc3)o2)CC(N)(c2nc3ccc(F)cc3o2)C=C1. The van der Waals surface area contributed by atoms with Gasteiger partial charge in [0.2, 0.25) is 5.89 Å². The maximum Gasteiger partial charge on any atom is 0.299 e. The van der Waals surface area contributed by atoms with Gasteiger partial charge in [-0.3, -0.25) is 4.98 Å². The molecular weight excluding hydrogens is 385 g/mol. The van der Waals surface area contributed by atoms with Crippen LogP contribution in [0.5, 0.6) is 0 Å². The molecule has 0 bridgehead atoms. The third-order valence-corrected chi connectivity index (χ3v) is 5.05. The maximum absolute atomic E-state index is 13.5. The van der Waals surface area contributed by atoms with Crippen LogP contribution in [0.25, 0.3) is 22.4 Å². The third kappa shape index (κ3) is 3.27. The molecule has 3 N–H and O–H groups in total. The fourth-order valence-corrected chi connectivity index (χ4v) is 3.36. The summed E-state index contributed by atoms with van der Waals surface area (Å²) in [5.74, 6) is 0.558. The molecule has 1 aliphatic carbocycles. The Morgan fingerprint density at radius 1 is 1.17 bits per heavy atom. The minimum Gasteiger partial charge on any atom is -0.438 e. The second kappa shape index (κ2) is 6.93. The van der Waals surface area contributed by atoms with E-state index >= 15 is 0 Å². The van der Waals surface area contributed by atoms with E-state index in [1.54, 1.807) is 24.7 Å². The number of pyridine rings is 1. The Morgan fingerprint density at radius 3 is 2.83 bits per heavy atom. The zero-order chi connectivity index (χ0) is 20.7. The Hall–Kier alpha value is -3.78. The molecule has 1 aliphatic rings. The summed E-state index contributed by atoms with van der Waals surface area (Å²) in [6.07, 6.45) is 9.16. The Kier molecular flexibility index (Phi) is 4.22. The van der Waals surface area contributed by atoms with Gasteiger partial charge in [-0.2, -0.15) is 0 Å². The largest absolute Gasteiger partial charge is 0.438 e. The average molecular weight is 403 g/mol. The molecule has 0 amide bonds. The van der Waals surface area contributed by atoms with Gasteiger partial charge in [-0.05, 0) is 36.8 Å². The molecule has 5 rings (SSSR count). The van der Waals surface area contributed by atoms with Crippen molar-refractivity contribution in [2.75, 3.05) is 5.32 Å². The number of anilines is 1. The molecule has 7 nitrogen and oxygen atoms in total. The van der Waals surface area contributed by atoms with Crippen LogP contribution in [0.4, 0.5) is 10.4 Å². The molecule has 3 heterocycles. The molecule has 1 atom stereocenters. The number of halogens is 1. The van der Waals surface area contributed by atoms with Crippen molar-refractivity contribution in [2.45, 2.75) is 18.9 Å². The average Bonchev–Trinajstić information content (AvgIpc) is 3.39. The van der Waals surface area contributed by atoms with Crippen LogP contribution < -0.4 is 11.1 Å². The van der Waals surface area contributed by atoms with Crippen LogP contribution in [-0.4, -0.2) is 15.0 Å². The van der Waals surface area contributed by atoms with Gasteiger partial charge in [-0.15, -0.1) is 0 Å². The van der Waals surface area contributed by atoms with Crippen LogP contribution >= 0.6 is 0 Å². The molecule has 0 fully saturated rings. The molecule has 0 saturated heterocycles. The zero-order valence-corrected chi connectivity index (χ0v) is 16.1. The highest BCUT2D eigenvalue weighted by atomic mass is 19.1.